The monoisotopic (exact) mass is 838 g/mol. The van der Waals surface area contributed by atoms with Gasteiger partial charge in [-0.2, -0.15) is 0 Å². The van der Waals surface area contributed by atoms with Gasteiger partial charge in [0, 0.05) is 17.8 Å². The summed E-state index contributed by atoms with van der Waals surface area (Å²) in [4.78, 5) is 60.5. The number of nitrogens with one attached hydrogen (secondary N) is 1. The maximum atomic E-state index is 15.2. The molecule has 0 aliphatic carbocycles. The molecule has 1 spiro atoms. The number of aliphatic hydroxyl groups is 1. The van der Waals surface area contributed by atoms with Crippen LogP contribution in [0.1, 0.15) is 43.4 Å². The molecule has 3 fully saturated rings. The van der Waals surface area contributed by atoms with Crippen molar-refractivity contribution in [3.05, 3.63) is 121 Å². The summed E-state index contributed by atoms with van der Waals surface area (Å²) in [6.07, 6.45) is 2.78. The number of alkyl halides is 1. The highest BCUT2D eigenvalue weighted by Gasteiger charge is 2.77. The van der Waals surface area contributed by atoms with Gasteiger partial charge in [0.1, 0.15) is 29.9 Å². The lowest BCUT2D eigenvalue weighted by atomic mass is 9.70. The number of hydrogen-bond acceptors (Lipinski definition) is 9. The maximum absolute atomic E-state index is 15.2. The highest BCUT2D eigenvalue weighted by atomic mass is 79.9. The van der Waals surface area contributed by atoms with Gasteiger partial charge in [-0.15, -0.1) is 18.3 Å². The summed E-state index contributed by atoms with van der Waals surface area (Å²) in [7, 11) is 0. The largest absolute Gasteiger partial charge is 0.455 e. The third kappa shape index (κ3) is 7.65. The lowest BCUT2D eigenvalue weighted by Crippen LogP contribution is -2.59. The van der Waals surface area contributed by atoms with Crippen LogP contribution in [0, 0.1) is 11.8 Å². The molecule has 4 aromatic rings. The predicted octanol–water partition coefficient (Wildman–Crippen LogP) is 4.51. The van der Waals surface area contributed by atoms with Crippen molar-refractivity contribution in [3.63, 3.8) is 0 Å². The first-order chi connectivity index (χ1) is 27.6. The van der Waals surface area contributed by atoms with Gasteiger partial charge in [0.25, 0.3) is 0 Å². The number of aliphatic hydroxyl groups excluding tert-OH is 1. The van der Waals surface area contributed by atoms with Crippen molar-refractivity contribution in [3.8, 4) is 0 Å². The third-order valence-corrected chi connectivity index (χ3v) is 12.2. The van der Waals surface area contributed by atoms with Crippen LogP contribution in [0.5, 0.6) is 0 Å². The molecule has 4 heterocycles. The van der Waals surface area contributed by atoms with Gasteiger partial charge < -0.3 is 29.7 Å². The second-order valence-corrected chi connectivity index (χ2v) is 16.1. The lowest BCUT2D eigenvalue weighted by molar-refractivity contribution is -0.162. The number of carbonyl (C=O) groups is 4. The molecule has 1 unspecified atom stereocenters. The predicted molar refractivity (Wildman–Crippen MR) is 215 cm³/mol. The van der Waals surface area contributed by atoms with Crippen LogP contribution in [0.4, 0.5) is 0 Å². The van der Waals surface area contributed by atoms with Crippen LogP contribution in [0.25, 0.3) is 11.0 Å². The number of carbonyl (C=O) groups excluding carboxylic acids is 4. The van der Waals surface area contributed by atoms with Gasteiger partial charge in [0.05, 0.1) is 42.1 Å². The van der Waals surface area contributed by atoms with Crippen LogP contribution in [0.15, 0.2) is 110 Å². The Kier molecular flexibility index (Phi) is 12.0. The van der Waals surface area contributed by atoms with E-state index in [1.165, 1.54) is 4.90 Å². The molecule has 0 saturated carbocycles. The molecule has 3 aliphatic heterocycles. The van der Waals surface area contributed by atoms with Gasteiger partial charge in [-0.25, -0.2) is 4.68 Å². The molecule has 57 heavy (non-hydrogen) atoms. The van der Waals surface area contributed by atoms with Crippen LogP contribution in [0.2, 0.25) is 0 Å². The summed E-state index contributed by atoms with van der Waals surface area (Å²) >= 11 is 3.76. The zero-order valence-electron chi connectivity index (χ0n) is 31.7. The van der Waals surface area contributed by atoms with Crippen molar-refractivity contribution in [2.45, 2.75) is 80.0 Å². The number of para-hydroxylation sites is 1. The van der Waals surface area contributed by atoms with Crippen molar-refractivity contribution in [1.29, 1.82) is 0 Å². The first-order valence-corrected chi connectivity index (χ1v) is 20.2. The minimum atomic E-state index is -1.45. The number of aromatic nitrogens is 3. The number of hydrogen-bond donors (Lipinski definition) is 2. The van der Waals surface area contributed by atoms with Gasteiger partial charge in [-0.05, 0) is 49.4 Å². The number of fused-ring (bicyclic) bond motifs is 2. The summed E-state index contributed by atoms with van der Waals surface area (Å²) in [5, 5.41) is 22.5. The maximum Gasteiger partial charge on any atom is 0.313 e. The number of rotatable bonds is 17. The fraction of sp³-hybridized carbons (Fsp3) is 0.395. The molecule has 3 saturated heterocycles. The summed E-state index contributed by atoms with van der Waals surface area (Å²) in [6, 6.07) is 23.3. The molecule has 2 N–H and O–H groups in total. The highest BCUT2D eigenvalue weighted by Crippen LogP contribution is 2.61. The number of amides is 3. The number of esters is 1. The Bertz CT molecular complexity index is 2120. The molecular formula is C43H47BrN6O7. The van der Waals surface area contributed by atoms with Crippen LogP contribution >= 0.6 is 15.9 Å². The summed E-state index contributed by atoms with van der Waals surface area (Å²) in [5.74, 6) is -4.02. The number of likely N-dealkylation sites (tertiary alicyclic amines) is 1. The highest BCUT2D eigenvalue weighted by molar-refractivity contribution is 9.09. The first-order valence-electron chi connectivity index (χ1n) is 19.2. The number of allylic oxidation sites excluding steroid dienone is 1. The topological polar surface area (TPSA) is 156 Å². The van der Waals surface area contributed by atoms with E-state index in [1.807, 2.05) is 84.9 Å². The Balaban J connectivity index is 1.26. The van der Waals surface area contributed by atoms with Gasteiger partial charge in [-0.3, -0.25) is 19.2 Å². The first kappa shape index (κ1) is 40.0. The quantitative estimate of drug-likeness (QED) is 0.0888. The summed E-state index contributed by atoms with van der Waals surface area (Å²) in [6.45, 7) is 9.03. The second kappa shape index (κ2) is 17.1. The standard InChI is InChI=1S/C43H47BrN6O7/c1-4-6-21-34(52)45-27(3)37(29-17-11-8-12-18-29)56-42(55)35-36-40(53)50(30(25-51)23-28-15-9-7-10-16-28)39(43(36)24-31(44)38(35)57-43)41(54)48(22-5-2)26-49-33-20-14-13-19-32(33)46-47-49/h4-5,7-20,27,30-31,35-39,51H,1-2,6,21-26H2,3H3,(H,45,52)/t27-,30+,31?,35+,36-,37-,38+,39+,43-/m0/s1. The summed E-state index contributed by atoms with van der Waals surface area (Å²) in [5.41, 5.74) is 1.44. The molecule has 13 nitrogen and oxygen atoms in total. The van der Waals surface area contributed by atoms with Crippen molar-refractivity contribution in [2.24, 2.45) is 11.8 Å². The van der Waals surface area contributed by atoms with Crippen LogP contribution < -0.4 is 5.32 Å². The molecule has 1 aromatic heterocycles. The Morgan fingerprint density at radius 1 is 1.07 bits per heavy atom. The molecule has 9 atom stereocenters. The van der Waals surface area contributed by atoms with Crippen LogP contribution in [-0.2, 0) is 41.7 Å². The van der Waals surface area contributed by atoms with Gasteiger partial charge in [0.2, 0.25) is 17.7 Å². The lowest BCUT2D eigenvalue weighted by Gasteiger charge is -2.39. The zero-order valence-corrected chi connectivity index (χ0v) is 33.3. The summed E-state index contributed by atoms with van der Waals surface area (Å²) < 4.78 is 14.8. The van der Waals surface area contributed by atoms with E-state index in [4.69, 9.17) is 9.47 Å². The van der Waals surface area contributed by atoms with Gasteiger partial charge in [-0.1, -0.05) is 106 Å². The van der Waals surface area contributed by atoms with Crippen molar-refractivity contribution in [1.82, 2.24) is 30.1 Å². The zero-order chi connectivity index (χ0) is 40.3. The van der Waals surface area contributed by atoms with E-state index in [9.17, 15) is 14.7 Å². The van der Waals surface area contributed by atoms with Crippen molar-refractivity contribution >= 4 is 50.7 Å². The number of halogens is 1. The Morgan fingerprint density at radius 2 is 1.77 bits per heavy atom. The Morgan fingerprint density at radius 3 is 2.47 bits per heavy atom. The molecule has 14 heteroatoms. The Labute approximate surface area is 339 Å². The van der Waals surface area contributed by atoms with E-state index in [0.717, 1.165) is 5.56 Å². The molecule has 0 radical (unpaired) electrons. The van der Waals surface area contributed by atoms with Gasteiger partial charge in [0.15, 0.2) is 0 Å². The second-order valence-electron chi connectivity index (χ2n) is 15.0. The number of nitrogens with zero attached hydrogens (tertiary/aromatic N) is 5. The number of benzene rings is 3. The van der Waals surface area contributed by atoms with E-state index in [-0.39, 0.29) is 38.4 Å². The average Bonchev–Trinajstić information content (AvgIpc) is 3.95. The number of ether oxygens (including phenoxy) is 2. The van der Waals surface area contributed by atoms with Crippen LogP contribution in [0.3, 0.4) is 0 Å². The molecule has 7 rings (SSSR count). The van der Waals surface area contributed by atoms with Crippen LogP contribution in [-0.4, -0.2) is 101 Å². The molecular weight excluding hydrogens is 792 g/mol. The van der Waals surface area contributed by atoms with Crippen molar-refractivity contribution < 1.29 is 33.8 Å². The van der Waals surface area contributed by atoms with E-state index in [2.05, 4.69) is 44.7 Å². The third-order valence-electron chi connectivity index (χ3n) is 11.3. The SMILES string of the molecule is C=CCCC(=O)N[C@@H](C)[C@H](OC(=O)[C@H]1[C@@H]2O[C@@]3(CC2Br)[C@@H]1C(=O)N([C@@H](CO)Cc1ccccc1)[C@@H]3C(=O)N(CC=C)Cn1nnc2ccccc21)c1ccccc1. The minimum absolute atomic E-state index is 0.00504. The minimum Gasteiger partial charge on any atom is -0.455 e. The fourth-order valence-electron chi connectivity index (χ4n) is 8.82. The van der Waals surface area contributed by atoms with E-state index in [0.29, 0.717) is 23.0 Å². The van der Waals surface area contributed by atoms with E-state index in [1.54, 1.807) is 28.7 Å². The average molecular weight is 840 g/mol. The van der Waals surface area contributed by atoms with Crippen molar-refractivity contribution in [2.75, 3.05) is 13.2 Å². The van der Waals surface area contributed by atoms with Gasteiger partial charge >= 0.3 is 5.97 Å². The van der Waals surface area contributed by atoms with E-state index < -0.39 is 77.0 Å². The molecule has 3 aromatic carbocycles. The van der Waals surface area contributed by atoms with E-state index >= 15 is 9.59 Å². The Hall–Kier alpha value is -5.18. The fourth-order valence-corrected chi connectivity index (χ4v) is 9.76. The molecule has 298 valence electrons. The molecule has 2 bridgehead atoms. The molecule has 3 aliphatic rings. The molecule has 3 amide bonds. The smallest absolute Gasteiger partial charge is 0.313 e. The normalized spacial score (nSPS) is 25.1.